The van der Waals surface area contributed by atoms with Crippen LogP contribution in [-0.2, 0) is 6.42 Å². The van der Waals surface area contributed by atoms with Gasteiger partial charge < -0.3 is 14.3 Å². The predicted molar refractivity (Wildman–Crippen MR) is 64.9 cm³/mol. The second-order valence-corrected chi connectivity index (χ2v) is 3.96. The zero-order valence-electron chi connectivity index (χ0n) is 9.58. The van der Waals surface area contributed by atoms with E-state index in [9.17, 15) is 5.11 Å². The minimum absolute atomic E-state index is 0.0568. The van der Waals surface area contributed by atoms with E-state index >= 15 is 0 Å². The van der Waals surface area contributed by atoms with Crippen LogP contribution in [0.25, 0.3) is 0 Å². The van der Waals surface area contributed by atoms with E-state index in [-0.39, 0.29) is 12.5 Å². The molecule has 1 atom stereocenters. The maximum absolute atomic E-state index is 9.28. The summed E-state index contributed by atoms with van der Waals surface area (Å²) in [5, 5.41) is 9.28. The Morgan fingerprint density at radius 1 is 1.12 bits per heavy atom. The van der Waals surface area contributed by atoms with E-state index in [0.29, 0.717) is 13.0 Å². The van der Waals surface area contributed by atoms with Gasteiger partial charge in [0.15, 0.2) is 0 Å². The topological polar surface area (TPSA) is 42.6 Å². The summed E-state index contributed by atoms with van der Waals surface area (Å²) in [5.41, 5.74) is 0. The van der Waals surface area contributed by atoms with E-state index < -0.39 is 0 Å². The van der Waals surface area contributed by atoms with Crippen molar-refractivity contribution in [1.29, 1.82) is 0 Å². The fraction of sp³-hybridized carbons (Fsp3) is 0.286. The molecule has 3 nitrogen and oxygen atoms in total. The van der Waals surface area contributed by atoms with Crippen LogP contribution in [-0.4, -0.2) is 18.3 Å². The van der Waals surface area contributed by atoms with Gasteiger partial charge in [0.2, 0.25) is 0 Å². The molecule has 0 spiro atoms. The average Bonchev–Trinajstić information content (AvgIpc) is 2.88. The molecule has 0 aliphatic heterocycles. The van der Waals surface area contributed by atoms with Crippen molar-refractivity contribution in [3.05, 3.63) is 54.5 Å². The molecule has 2 rings (SSSR count). The molecule has 0 radical (unpaired) electrons. The lowest BCUT2D eigenvalue weighted by molar-refractivity contribution is 0.158. The largest absolute Gasteiger partial charge is 0.493 e. The Morgan fingerprint density at radius 3 is 2.59 bits per heavy atom. The zero-order valence-corrected chi connectivity index (χ0v) is 9.58. The van der Waals surface area contributed by atoms with Gasteiger partial charge in [0.05, 0.1) is 12.9 Å². The fourth-order valence-corrected chi connectivity index (χ4v) is 1.62. The quantitative estimate of drug-likeness (QED) is 0.832. The second kappa shape index (κ2) is 6.11. The SMILES string of the molecule is OCC(COc1ccccc1)Cc1ccco1. The van der Waals surface area contributed by atoms with Crippen LogP contribution in [0.4, 0.5) is 0 Å². The summed E-state index contributed by atoms with van der Waals surface area (Å²) in [6.07, 6.45) is 2.33. The van der Waals surface area contributed by atoms with Crippen molar-refractivity contribution in [3.8, 4) is 5.75 Å². The van der Waals surface area contributed by atoms with E-state index in [4.69, 9.17) is 9.15 Å². The minimum Gasteiger partial charge on any atom is -0.493 e. The third kappa shape index (κ3) is 3.64. The number of hydrogen-bond donors (Lipinski definition) is 1. The number of rotatable bonds is 6. The van der Waals surface area contributed by atoms with Crippen LogP contribution in [0.1, 0.15) is 5.76 Å². The van der Waals surface area contributed by atoms with E-state index in [1.165, 1.54) is 0 Å². The number of aliphatic hydroxyl groups excluding tert-OH is 1. The van der Waals surface area contributed by atoms with Gasteiger partial charge in [-0.25, -0.2) is 0 Å². The van der Waals surface area contributed by atoms with Crippen molar-refractivity contribution in [2.24, 2.45) is 5.92 Å². The number of aliphatic hydroxyl groups is 1. The lowest BCUT2D eigenvalue weighted by Crippen LogP contribution is -2.18. The van der Waals surface area contributed by atoms with E-state index in [1.807, 2.05) is 42.5 Å². The van der Waals surface area contributed by atoms with Crippen LogP contribution in [0.15, 0.2) is 53.1 Å². The van der Waals surface area contributed by atoms with Crippen LogP contribution in [0.3, 0.4) is 0 Å². The van der Waals surface area contributed by atoms with Gasteiger partial charge in [0.25, 0.3) is 0 Å². The molecule has 0 bridgehead atoms. The van der Waals surface area contributed by atoms with Gasteiger partial charge in [0.1, 0.15) is 11.5 Å². The maximum atomic E-state index is 9.28. The average molecular weight is 232 g/mol. The second-order valence-electron chi connectivity index (χ2n) is 3.96. The van der Waals surface area contributed by atoms with E-state index in [1.54, 1.807) is 6.26 Å². The van der Waals surface area contributed by atoms with Gasteiger partial charge in [-0.2, -0.15) is 0 Å². The van der Waals surface area contributed by atoms with Crippen molar-refractivity contribution in [2.45, 2.75) is 6.42 Å². The van der Waals surface area contributed by atoms with Crippen molar-refractivity contribution in [3.63, 3.8) is 0 Å². The molecule has 17 heavy (non-hydrogen) atoms. The van der Waals surface area contributed by atoms with Crippen molar-refractivity contribution >= 4 is 0 Å². The van der Waals surface area contributed by atoms with Gasteiger partial charge in [-0.05, 0) is 24.3 Å². The van der Waals surface area contributed by atoms with Crippen LogP contribution in [0.5, 0.6) is 5.75 Å². The monoisotopic (exact) mass is 232 g/mol. The first-order valence-corrected chi connectivity index (χ1v) is 5.69. The highest BCUT2D eigenvalue weighted by Crippen LogP contribution is 2.13. The number of furan rings is 1. The molecule has 0 fully saturated rings. The molecule has 0 aliphatic rings. The Hall–Kier alpha value is -1.74. The first-order chi connectivity index (χ1) is 8.38. The van der Waals surface area contributed by atoms with Crippen molar-refractivity contribution in [2.75, 3.05) is 13.2 Å². The molecule has 1 heterocycles. The standard InChI is InChI=1S/C14H16O3/c15-10-12(9-14-7-4-8-16-14)11-17-13-5-2-1-3-6-13/h1-8,12,15H,9-11H2. The Morgan fingerprint density at radius 2 is 1.94 bits per heavy atom. The molecule has 2 aromatic rings. The third-order valence-corrected chi connectivity index (χ3v) is 2.56. The number of benzene rings is 1. The van der Waals surface area contributed by atoms with Gasteiger partial charge in [-0.15, -0.1) is 0 Å². The highest BCUT2D eigenvalue weighted by Gasteiger charge is 2.11. The molecule has 0 aliphatic carbocycles. The smallest absolute Gasteiger partial charge is 0.119 e. The first-order valence-electron chi connectivity index (χ1n) is 5.69. The van der Waals surface area contributed by atoms with Gasteiger partial charge in [-0.3, -0.25) is 0 Å². The summed E-state index contributed by atoms with van der Waals surface area (Å²) < 4.78 is 10.9. The lowest BCUT2D eigenvalue weighted by atomic mass is 10.1. The predicted octanol–water partition coefficient (Wildman–Crippen LogP) is 2.51. The molecular formula is C14H16O3. The molecule has 1 aromatic heterocycles. The highest BCUT2D eigenvalue weighted by molar-refractivity contribution is 5.20. The summed E-state index contributed by atoms with van der Waals surface area (Å²) in [6.45, 7) is 0.578. The Kier molecular flexibility index (Phi) is 4.22. The fourth-order valence-electron chi connectivity index (χ4n) is 1.62. The molecule has 1 aromatic carbocycles. The first kappa shape index (κ1) is 11.7. The zero-order chi connectivity index (χ0) is 11.9. The molecule has 90 valence electrons. The summed E-state index contributed by atoms with van der Waals surface area (Å²) in [4.78, 5) is 0. The Labute approximate surface area is 101 Å². The Bertz CT molecular complexity index is 408. The van der Waals surface area contributed by atoms with E-state index in [0.717, 1.165) is 11.5 Å². The van der Waals surface area contributed by atoms with Crippen LogP contribution >= 0.6 is 0 Å². The lowest BCUT2D eigenvalue weighted by Gasteiger charge is -2.13. The van der Waals surface area contributed by atoms with Gasteiger partial charge in [0, 0.05) is 18.9 Å². The number of para-hydroxylation sites is 1. The highest BCUT2D eigenvalue weighted by atomic mass is 16.5. The molecule has 3 heteroatoms. The van der Waals surface area contributed by atoms with Crippen molar-refractivity contribution < 1.29 is 14.3 Å². The van der Waals surface area contributed by atoms with Crippen LogP contribution < -0.4 is 4.74 Å². The van der Waals surface area contributed by atoms with Gasteiger partial charge in [-0.1, -0.05) is 18.2 Å². The van der Waals surface area contributed by atoms with Crippen LogP contribution in [0, 0.1) is 5.92 Å². The third-order valence-electron chi connectivity index (χ3n) is 2.56. The normalized spacial score (nSPS) is 12.3. The number of ether oxygens (including phenoxy) is 1. The summed E-state index contributed by atoms with van der Waals surface area (Å²) >= 11 is 0. The molecule has 0 saturated carbocycles. The molecule has 1 unspecified atom stereocenters. The summed E-state index contributed by atoms with van der Waals surface area (Å²) in [7, 11) is 0. The van der Waals surface area contributed by atoms with Crippen LogP contribution in [0.2, 0.25) is 0 Å². The molecule has 0 saturated heterocycles. The minimum atomic E-state index is 0.0568. The molecule has 1 N–H and O–H groups in total. The van der Waals surface area contributed by atoms with Crippen molar-refractivity contribution in [1.82, 2.24) is 0 Å². The summed E-state index contributed by atoms with van der Waals surface area (Å²) in [6, 6.07) is 13.4. The number of hydrogen-bond acceptors (Lipinski definition) is 3. The van der Waals surface area contributed by atoms with E-state index in [2.05, 4.69) is 0 Å². The summed E-state index contributed by atoms with van der Waals surface area (Å²) in [5.74, 6) is 1.76. The van der Waals surface area contributed by atoms with Gasteiger partial charge >= 0.3 is 0 Å². The molecule has 0 amide bonds. The maximum Gasteiger partial charge on any atom is 0.119 e. The Balaban J connectivity index is 1.84. The molecular weight excluding hydrogens is 216 g/mol.